The van der Waals surface area contributed by atoms with E-state index >= 15 is 0 Å². The summed E-state index contributed by atoms with van der Waals surface area (Å²) in [6.07, 6.45) is 3.37. The van der Waals surface area contributed by atoms with E-state index in [1.807, 2.05) is 35.0 Å². The summed E-state index contributed by atoms with van der Waals surface area (Å²) in [5.74, 6) is 1.59. The van der Waals surface area contributed by atoms with Crippen LogP contribution in [0.25, 0.3) is 16.9 Å². The Morgan fingerprint density at radius 2 is 1.90 bits per heavy atom. The molecule has 0 N–H and O–H groups in total. The Bertz CT molecular complexity index is 999. The minimum absolute atomic E-state index is 0.282. The lowest BCUT2D eigenvalue weighted by molar-refractivity contribution is 0.174. The number of hydrogen-bond donors (Lipinski definition) is 0. The molecule has 29 heavy (non-hydrogen) atoms. The molecular weight excluding hydrogens is 364 g/mol. The molecule has 3 aromatic rings. The topological polar surface area (TPSA) is 42.8 Å². The van der Waals surface area contributed by atoms with Crippen molar-refractivity contribution >= 4 is 0 Å². The molecule has 5 rings (SSSR count). The van der Waals surface area contributed by atoms with Crippen LogP contribution in [0.2, 0.25) is 0 Å². The second-order valence-corrected chi connectivity index (χ2v) is 7.99. The van der Waals surface area contributed by atoms with Crippen LogP contribution in [0.3, 0.4) is 0 Å². The van der Waals surface area contributed by atoms with Crippen molar-refractivity contribution in [3.8, 4) is 28.4 Å². The quantitative estimate of drug-likeness (QED) is 0.668. The molecule has 0 aliphatic carbocycles. The van der Waals surface area contributed by atoms with Crippen molar-refractivity contribution in [2.24, 2.45) is 0 Å². The minimum atomic E-state index is 0.282. The summed E-state index contributed by atoms with van der Waals surface area (Å²) >= 11 is 0. The highest BCUT2D eigenvalue weighted by molar-refractivity contribution is 5.67. The van der Waals surface area contributed by atoms with Gasteiger partial charge in [-0.3, -0.25) is 4.90 Å². The number of likely N-dealkylation sites (tertiary alicyclic amines) is 1. The predicted molar refractivity (Wildman–Crippen MR) is 112 cm³/mol. The van der Waals surface area contributed by atoms with Crippen molar-refractivity contribution in [1.29, 1.82) is 0 Å². The molecule has 0 saturated carbocycles. The van der Waals surface area contributed by atoms with Crippen LogP contribution in [-0.4, -0.2) is 59.6 Å². The molecule has 1 aromatic heterocycles. The van der Waals surface area contributed by atoms with Gasteiger partial charge in [0.25, 0.3) is 0 Å². The Balaban J connectivity index is 1.50. The van der Waals surface area contributed by atoms with Crippen molar-refractivity contribution in [3.05, 3.63) is 60.3 Å². The number of para-hydroxylation sites is 1. The summed E-state index contributed by atoms with van der Waals surface area (Å²) in [5.41, 5.74) is 4.35. The summed E-state index contributed by atoms with van der Waals surface area (Å²) in [5, 5.41) is 4.96. The van der Waals surface area contributed by atoms with Crippen LogP contribution in [0.4, 0.5) is 0 Å². The lowest BCUT2D eigenvalue weighted by Crippen LogP contribution is -2.31. The fourth-order valence-corrected chi connectivity index (χ4v) is 4.14. The van der Waals surface area contributed by atoms with Gasteiger partial charge < -0.3 is 14.4 Å². The lowest BCUT2D eigenvalue weighted by Gasteiger charge is -2.20. The van der Waals surface area contributed by atoms with E-state index in [2.05, 4.69) is 48.3 Å². The number of ether oxygens (including phenoxy) is 2. The zero-order chi connectivity index (χ0) is 19.8. The first-order valence-electron chi connectivity index (χ1n) is 10.1. The monoisotopic (exact) mass is 390 g/mol. The molecule has 1 fully saturated rings. The molecule has 1 saturated heterocycles. The van der Waals surface area contributed by atoms with E-state index in [4.69, 9.17) is 14.6 Å². The maximum atomic E-state index is 5.59. The van der Waals surface area contributed by atoms with Crippen LogP contribution in [0.15, 0.2) is 54.7 Å². The number of nitrogens with zero attached hydrogens (tertiary/aromatic N) is 4. The molecule has 0 radical (unpaired) electrons. The third kappa shape index (κ3) is 3.61. The largest absolute Gasteiger partial charge is 0.454 e. The maximum Gasteiger partial charge on any atom is 0.231 e. The van der Waals surface area contributed by atoms with Gasteiger partial charge in [0.1, 0.15) is 0 Å². The van der Waals surface area contributed by atoms with E-state index in [9.17, 15) is 0 Å². The minimum Gasteiger partial charge on any atom is -0.454 e. The highest BCUT2D eigenvalue weighted by Gasteiger charge is 2.26. The molecule has 150 valence electrons. The average molecular weight is 390 g/mol. The number of fused-ring (bicyclic) bond motifs is 1. The Labute approximate surface area is 171 Å². The molecule has 6 heteroatoms. The predicted octanol–water partition coefficient (Wildman–Crippen LogP) is 3.40. The standard InChI is InChI=1S/C23H26N4O2/c1-25(2)20-10-11-26(15-20)13-18-14-27(19-6-4-3-5-7-19)24-23(18)17-8-9-21-22(12-17)29-16-28-21/h3-9,12,14,20H,10-11,13,15-16H2,1-2H3. The third-order valence-corrected chi connectivity index (χ3v) is 5.83. The Morgan fingerprint density at radius 1 is 1.07 bits per heavy atom. The van der Waals surface area contributed by atoms with Crippen molar-refractivity contribution < 1.29 is 9.47 Å². The zero-order valence-corrected chi connectivity index (χ0v) is 16.9. The Kier molecular flexibility index (Phi) is 4.73. The van der Waals surface area contributed by atoms with Crippen molar-refractivity contribution in [3.63, 3.8) is 0 Å². The molecule has 2 aliphatic heterocycles. The number of likely N-dealkylation sites (N-methyl/N-ethyl adjacent to an activating group) is 1. The first-order chi connectivity index (χ1) is 14.2. The van der Waals surface area contributed by atoms with Crippen molar-refractivity contribution in [1.82, 2.24) is 19.6 Å². The van der Waals surface area contributed by atoms with E-state index < -0.39 is 0 Å². The number of benzene rings is 2. The van der Waals surface area contributed by atoms with E-state index in [0.717, 1.165) is 48.1 Å². The van der Waals surface area contributed by atoms with Gasteiger partial charge in [0.2, 0.25) is 6.79 Å². The first-order valence-corrected chi connectivity index (χ1v) is 10.1. The normalized spacial score (nSPS) is 18.7. The van der Waals surface area contributed by atoms with Crippen molar-refractivity contribution in [2.75, 3.05) is 34.0 Å². The van der Waals surface area contributed by atoms with Crippen LogP contribution in [-0.2, 0) is 6.54 Å². The maximum absolute atomic E-state index is 5.59. The van der Waals surface area contributed by atoms with E-state index in [1.54, 1.807) is 0 Å². The smallest absolute Gasteiger partial charge is 0.231 e. The fourth-order valence-electron chi connectivity index (χ4n) is 4.14. The van der Waals surface area contributed by atoms with E-state index in [1.165, 1.54) is 12.0 Å². The molecule has 6 nitrogen and oxygen atoms in total. The number of hydrogen-bond acceptors (Lipinski definition) is 5. The fraction of sp³-hybridized carbons (Fsp3) is 0.348. The first kappa shape index (κ1) is 18.2. The van der Waals surface area contributed by atoms with Gasteiger partial charge in [0, 0.05) is 43.0 Å². The van der Waals surface area contributed by atoms with Crippen LogP contribution in [0, 0.1) is 0 Å². The third-order valence-electron chi connectivity index (χ3n) is 5.83. The van der Waals surface area contributed by atoms with Gasteiger partial charge in [0.15, 0.2) is 11.5 Å². The zero-order valence-electron chi connectivity index (χ0n) is 16.9. The van der Waals surface area contributed by atoms with Gasteiger partial charge in [-0.25, -0.2) is 4.68 Å². The van der Waals surface area contributed by atoms with Gasteiger partial charge in [-0.2, -0.15) is 5.10 Å². The SMILES string of the molecule is CN(C)C1CCN(Cc2cn(-c3ccccc3)nc2-c2ccc3c(c2)OCO3)C1. The van der Waals surface area contributed by atoms with Crippen molar-refractivity contribution in [2.45, 2.75) is 19.0 Å². The van der Waals surface area contributed by atoms with Crippen LogP contribution < -0.4 is 9.47 Å². The van der Waals surface area contributed by atoms with Crippen LogP contribution in [0.5, 0.6) is 11.5 Å². The molecular formula is C23H26N4O2. The molecule has 1 unspecified atom stereocenters. The molecule has 1 atom stereocenters. The number of aromatic nitrogens is 2. The summed E-state index contributed by atoms with van der Waals surface area (Å²) in [4.78, 5) is 4.85. The molecule has 0 amide bonds. The highest BCUT2D eigenvalue weighted by Crippen LogP contribution is 2.37. The Hall–Kier alpha value is -2.83. The van der Waals surface area contributed by atoms with Gasteiger partial charge in [0.05, 0.1) is 11.4 Å². The second kappa shape index (κ2) is 7.54. The summed E-state index contributed by atoms with van der Waals surface area (Å²) < 4.78 is 13.0. The lowest BCUT2D eigenvalue weighted by atomic mass is 10.1. The molecule has 0 bridgehead atoms. The van der Waals surface area contributed by atoms with Gasteiger partial charge in [-0.1, -0.05) is 18.2 Å². The van der Waals surface area contributed by atoms with Gasteiger partial charge in [-0.15, -0.1) is 0 Å². The molecule has 0 spiro atoms. The van der Waals surface area contributed by atoms with Gasteiger partial charge in [-0.05, 0) is 50.8 Å². The molecule has 2 aromatic carbocycles. The summed E-state index contributed by atoms with van der Waals surface area (Å²) in [7, 11) is 4.33. The average Bonchev–Trinajstić information content (AvgIpc) is 3.48. The summed E-state index contributed by atoms with van der Waals surface area (Å²) in [6.45, 7) is 3.37. The molecule has 2 aliphatic rings. The van der Waals surface area contributed by atoms with Crippen LogP contribution >= 0.6 is 0 Å². The van der Waals surface area contributed by atoms with E-state index in [0.29, 0.717) is 6.04 Å². The Morgan fingerprint density at radius 3 is 2.69 bits per heavy atom. The highest BCUT2D eigenvalue weighted by atomic mass is 16.7. The number of rotatable bonds is 5. The van der Waals surface area contributed by atoms with Crippen LogP contribution in [0.1, 0.15) is 12.0 Å². The molecule has 3 heterocycles. The van der Waals surface area contributed by atoms with Gasteiger partial charge >= 0.3 is 0 Å². The van der Waals surface area contributed by atoms with E-state index in [-0.39, 0.29) is 6.79 Å². The second-order valence-electron chi connectivity index (χ2n) is 7.99. The summed E-state index contributed by atoms with van der Waals surface area (Å²) in [6, 6.07) is 17.0.